The highest BCUT2D eigenvalue weighted by atomic mass is 35.5. The zero-order valence-electron chi connectivity index (χ0n) is 10.2. The average Bonchev–Trinajstić information content (AvgIpc) is 2.24. The second-order valence-corrected chi connectivity index (χ2v) is 4.52. The van der Waals surface area contributed by atoms with E-state index in [1.807, 2.05) is 14.1 Å². The molecule has 0 aromatic heterocycles. The van der Waals surface area contributed by atoms with E-state index >= 15 is 0 Å². The summed E-state index contributed by atoms with van der Waals surface area (Å²) in [6.07, 6.45) is 0.892. The van der Waals surface area contributed by atoms with E-state index in [4.69, 9.17) is 17.3 Å². The van der Waals surface area contributed by atoms with Gasteiger partial charge in [-0.15, -0.1) is 0 Å². The molecule has 0 heterocycles. The lowest BCUT2D eigenvalue weighted by molar-refractivity contribution is 0.0953. The van der Waals surface area contributed by atoms with Crippen LogP contribution in [0.3, 0.4) is 0 Å². The van der Waals surface area contributed by atoms with E-state index < -0.39 is 0 Å². The lowest BCUT2D eigenvalue weighted by Gasteiger charge is -2.11. The Morgan fingerprint density at radius 3 is 2.76 bits per heavy atom. The van der Waals surface area contributed by atoms with Crippen molar-refractivity contribution >= 4 is 23.2 Å². The fourth-order valence-electron chi connectivity index (χ4n) is 1.47. The number of hydrogen-bond donors (Lipinski definition) is 2. The molecular formula is C12H18ClN3O. The van der Waals surface area contributed by atoms with Crippen LogP contribution in [0.15, 0.2) is 18.2 Å². The number of nitrogens with one attached hydrogen (secondary N) is 1. The van der Waals surface area contributed by atoms with E-state index in [9.17, 15) is 4.79 Å². The Kier molecular flexibility index (Phi) is 5.25. The number of hydrogen-bond acceptors (Lipinski definition) is 3. The molecule has 0 saturated heterocycles. The van der Waals surface area contributed by atoms with Crippen molar-refractivity contribution in [1.29, 1.82) is 0 Å². The third-order valence-electron chi connectivity index (χ3n) is 2.34. The largest absolute Gasteiger partial charge is 0.398 e. The summed E-state index contributed by atoms with van der Waals surface area (Å²) >= 11 is 5.94. The summed E-state index contributed by atoms with van der Waals surface area (Å²) in [5.41, 5.74) is 6.49. The predicted octanol–water partition coefficient (Wildman–Crippen LogP) is 1.60. The summed E-state index contributed by atoms with van der Waals surface area (Å²) in [6.45, 7) is 1.54. The van der Waals surface area contributed by atoms with Gasteiger partial charge in [0.15, 0.2) is 0 Å². The third kappa shape index (κ3) is 4.24. The number of nitrogen functional groups attached to an aromatic ring is 1. The molecule has 17 heavy (non-hydrogen) atoms. The fourth-order valence-corrected chi connectivity index (χ4v) is 1.73. The Balaban J connectivity index is 2.53. The highest BCUT2D eigenvalue weighted by molar-refractivity contribution is 6.34. The number of anilines is 1. The van der Waals surface area contributed by atoms with Crippen LogP contribution in [-0.2, 0) is 0 Å². The molecule has 0 aliphatic rings. The molecule has 3 N–H and O–H groups in total. The predicted molar refractivity (Wildman–Crippen MR) is 71.4 cm³/mol. The monoisotopic (exact) mass is 255 g/mol. The van der Waals surface area contributed by atoms with Crippen LogP contribution in [-0.4, -0.2) is 38.0 Å². The van der Waals surface area contributed by atoms with Crippen LogP contribution >= 0.6 is 11.6 Å². The van der Waals surface area contributed by atoms with Crippen LogP contribution < -0.4 is 11.1 Å². The van der Waals surface area contributed by atoms with Crippen LogP contribution in [0, 0.1) is 0 Å². The SMILES string of the molecule is CN(C)CCCNC(=O)c1c(N)cccc1Cl. The van der Waals surface area contributed by atoms with Gasteiger partial charge < -0.3 is 16.0 Å². The molecular weight excluding hydrogens is 238 g/mol. The number of carbonyl (C=O) groups is 1. The number of carbonyl (C=O) groups excluding carboxylic acids is 1. The highest BCUT2D eigenvalue weighted by Crippen LogP contribution is 2.21. The van der Waals surface area contributed by atoms with Gasteiger partial charge in [0, 0.05) is 12.2 Å². The van der Waals surface area contributed by atoms with Crippen LogP contribution in [0.4, 0.5) is 5.69 Å². The number of nitrogens with zero attached hydrogens (tertiary/aromatic N) is 1. The molecule has 0 unspecified atom stereocenters. The third-order valence-corrected chi connectivity index (χ3v) is 2.66. The van der Waals surface area contributed by atoms with E-state index in [2.05, 4.69) is 10.2 Å². The van der Waals surface area contributed by atoms with Gasteiger partial charge in [-0.1, -0.05) is 17.7 Å². The molecule has 1 aromatic rings. The van der Waals surface area contributed by atoms with E-state index in [1.165, 1.54) is 0 Å². The molecule has 1 aromatic carbocycles. The zero-order chi connectivity index (χ0) is 12.8. The second-order valence-electron chi connectivity index (χ2n) is 4.12. The van der Waals surface area contributed by atoms with Gasteiger partial charge in [0.1, 0.15) is 0 Å². The van der Waals surface area contributed by atoms with Crippen molar-refractivity contribution in [3.05, 3.63) is 28.8 Å². The number of halogens is 1. The Labute approximate surface area is 107 Å². The molecule has 1 amide bonds. The summed E-state index contributed by atoms with van der Waals surface area (Å²) in [6, 6.07) is 5.05. The Bertz CT molecular complexity index is 373. The summed E-state index contributed by atoms with van der Waals surface area (Å²) < 4.78 is 0. The molecule has 0 spiro atoms. The van der Waals surface area contributed by atoms with Crippen molar-refractivity contribution in [2.75, 3.05) is 32.9 Å². The topological polar surface area (TPSA) is 58.4 Å². The van der Waals surface area contributed by atoms with Crippen molar-refractivity contribution < 1.29 is 4.79 Å². The fraction of sp³-hybridized carbons (Fsp3) is 0.417. The molecule has 0 aliphatic heterocycles. The smallest absolute Gasteiger partial charge is 0.254 e. The molecule has 0 bridgehead atoms. The van der Waals surface area contributed by atoms with Gasteiger partial charge in [0.2, 0.25) is 0 Å². The minimum Gasteiger partial charge on any atom is -0.398 e. The molecule has 0 radical (unpaired) electrons. The molecule has 5 heteroatoms. The molecule has 0 atom stereocenters. The maximum absolute atomic E-state index is 11.8. The molecule has 0 saturated carbocycles. The van der Waals surface area contributed by atoms with Crippen molar-refractivity contribution in [1.82, 2.24) is 10.2 Å². The first kappa shape index (κ1) is 13.8. The van der Waals surface area contributed by atoms with E-state index in [0.717, 1.165) is 13.0 Å². The first-order valence-electron chi connectivity index (χ1n) is 5.49. The molecule has 94 valence electrons. The summed E-state index contributed by atoms with van der Waals surface area (Å²) in [5, 5.41) is 3.19. The van der Waals surface area contributed by atoms with Crippen LogP contribution in [0.1, 0.15) is 16.8 Å². The van der Waals surface area contributed by atoms with Crippen molar-refractivity contribution in [2.45, 2.75) is 6.42 Å². The van der Waals surface area contributed by atoms with Gasteiger partial charge in [-0.25, -0.2) is 0 Å². The molecule has 1 rings (SSSR count). The second kappa shape index (κ2) is 6.47. The summed E-state index contributed by atoms with van der Waals surface area (Å²) in [5.74, 6) is -0.216. The first-order valence-corrected chi connectivity index (χ1v) is 5.87. The maximum Gasteiger partial charge on any atom is 0.254 e. The average molecular weight is 256 g/mol. The first-order chi connectivity index (χ1) is 8.02. The van der Waals surface area contributed by atoms with Gasteiger partial charge in [0.25, 0.3) is 5.91 Å². The van der Waals surface area contributed by atoms with E-state index in [0.29, 0.717) is 22.8 Å². The molecule has 0 fully saturated rings. The number of benzene rings is 1. The van der Waals surface area contributed by atoms with Gasteiger partial charge in [-0.2, -0.15) is 0 Å². The van der Waals surface area contributed by atoms with Crippen molar-refractivity contribution in [3.63, 3.8) is 0 Å². The van der Waals surface area contributed by atoms with Crippen molar-refractivity contribution in [2.24, 2.45) is 0 Å². The van der Waals surface area contributed by atoms with Gasteiger partial charge in [-0.3, -0.25) is 4.79 Å². The highest BCUT2D eigenvalue weighted by Gasteiger charge is 2.12. The standard InChI is InChI=1S/C12H18ClN3O/c1-16(2)8-4-7-15-12(17)11-9(13)5-3-6-10(11)14/h3,5-6H,4,7-8,14H2,1-2H3,(H,15,17). The lowest BCUT2D eigenvalue weighted by atomic mass is 10.1. The number of rotatable bonds is 5. The molecule has 0 aliphatic carbocycles. The summed E-state index contributed by atoms with van der Waals surface area (Å²) in [7, 11) is 3.99. The van der Waals surface area contributed by atoms with Gasteiger partial charge >= 0.3 is 0 Å². The number of nitrogens with two attached hydrogens (primary N) is 1. The Hall–Kier alpha value is -1.26. The van der Waals surface area contributed by atoms with E-state index in [-0.39, 0.29) is 5.91 Å². The Morgan fingerprint density at radius 2 is 2.18 bits per heavy atom. The normalized spacial score (nSPS) is 10.6. The molecule has 4 nitrogen and oxygen atoms in total. The van der Waals surface area contributed by atoms with Crippen LogP contribution in [0.25, 0.3) is 0 Å². The minimum atomic E-state index is -0.216. The van der Waals surface area contributed by atoms with E-state index in [1.54, 1.807) is 18.2 Å². The maximum atomic E-state index is 11.8. The minimum absolute atomic E-state index is 0.216. The summed E-state index contributed by atoms with van der Waals surface area (Å²) in [4.78, 5) is 13.9. The van der Waals surface area contributed by atoms with Crippen LogP contribution in [0.5, 0.6) is 0 Å². The quantitative estimate of drug-likeness (QED) is 0.621. The number of amides is 1. The lowest BCUT2D eigenvalue weighted by Crippen LogP contribution is -2.28. The zero-order valence-corrected chi connectivity index (χ0v) is 10.9. The van der Waals surface area contributed by atoms with Gasteiger partial charge in [-0.05, 0) is 39.2 Å². The van der Waals surface area contributed by atoms with Crippen molar-refractivity contribution in [3.8, 4) is 0 Å². The Morgan fingerprint density at radius 1 is 1.47 bits per heavy atom. The van der Waals surface area contributed by atoms with Crippen LogP contribution in [0.2, 0.25) is 5.02 Å². The van der Waals surface area contributed by atoms with Gasteiger partial charge in [0.05, 0.1) is 10.6 Å².